The van der Waals surface area contributed by atoms with Crippen LogP contribution in [0.5, 0.6) is 11.5 Å². The molecule has 0 amide bonds. The molecular weight excluding hydrogens is 336 g/mol. The number of hydrogen-bond donors (Lipinski definition) is 0. The molecule has 0 N–H and O–H groups in total. The monoisotopic (exact) mass is 368 g/mol. The van der Waals surface area contributed by atoms with Crippen molar-refractivity contribution in [2.45, 2.75) is 65.4 Å². The van der Waals surface area contributed by atoms with Crippen LogP contribution in [-0.4, -0.2) is 5.97 Å². The van der Waals surface area contributed by atoms with Crippen molar-refractivity contribution in [2.24, 2.45) is 5.92 Å². The molecule has 2 rings (SSSR count). The lowest BCUT2D eigenvalue weighted by Gasteiger charge is -2.14. The second-order valence-corrected chi connectivity index (χ2v) is 6.97. The van der Waals surface area contributed by atoms with Gasteiger partial charge in [-0.1, -0.05) is 76.3 Å². The van der Waals surface area contributed by atoms with Crippen molar-refractivity contribution in [1.29, 1.82) is 0 Å². The molecule has 1 atom stereocenters. The lowest BCUT2D eigenvalue weighted by atomic mass is 9.98. The van der Waals surface area contributed by atoms with E-state index >= 15 is 0 Å². The highest BCUT2D eigenvalue weighted by molar-refractivity contribution is 5.75. The summed E-state index contributed by atoms with van der Waals surface area (Å²) >= 11 is 0. The molecule has 0 aliphatic carbocycles. The van der Waals surface area contributed by atoms with Crippen LogP contribution in [0.2, 0.25) is 0 Å². The van der Waals surface area contributed by atoms with Crippen LogP contribution in [0.25, 0.3) is 0 Å². The number of benzene rings is 2. The maximum Gasteiger partial charge on any atom is 0.314 e. The minimum atomic E-state index is -0.119. The molecule has 0 aromatic heterocycles. The zero-order chi connectivity index (χ0) is 19.3. The highest BCUT2D eigenvalue weighted by Crippen LogP contribution is 2.22. The molecular formula is C24H32O3. The molecule has 3 heteroatoms. The Morgan fingerprint density at radius 2 is 1.52 bits per heavy atom. The van der Waals surface area contributed by atoms with Crippen molar-refractivity contribution < 1.29 is 14.3 Å². The van der Waals surface area contributed by atoms with E-state index in [4.69, 9.17) is 9.47 Å². The van der Waals surface area contributed by atoms with Crippen molar-refractivity contribution in [3.63, 3.8) is 0 Å². The second kappa shape index (κ2) is 12.2. The standard InChI is InChI=1S/C24H32O3/c1-3-5-6-7-11-14-21(4-2)24(25)27-23-17-15-22(16-18-23)26-19-20-12-9-8-10-13-20/h8-10,12-13,15-18,21H,3-7,11,14,19H2,1-2H3. The molecule has 0 fully saturated rings. The van der Waals surface area contributed by atoms with Gasteiger partial charge in [0.1, 0.15) is 18.1 Å². The normalized spacial score (nSPS) is 11.8. The first kappa shape index (κ1) is 21.0. The molecule has 146 valence electrons. The van der Waals surface area contributed by atoms with Gasteiger partial charge in [0.25, 0.3) is 0 Å². The number of esters is 1. The third-order valence-electron chi connectivity index (χ3n) is 4.77. The van der Waals surface area contributed by atoms with Crippen LogP contribution in [0.4, 0.5) is 0 Å². The smallest absolute Gasteiger partial charge is 0.314 e. The minimum Gasteiger partial charge on any atom is -0.489 e. The summed E-state index contributed by atoms with van der Waals surface area (Å²) in [6.07, 6.45) is 7.81. The van der Waals surface area contributed by atoms with E-state index in [2.05, 4.69) is 13.8 Å². The Bertz CT molecular complexity index is 649. The Morgan fingerprint density at radius 1 is 0.852 bits per heavy atom. The minimum absolute atomic E-state index is 0.0133. The first-order chi connectivity index (χ1) is 13.2. The van der Waals surface area contributed by atoms with Gasteiger partial charge in [-0.05, 0) is 42.7 Å². The Morgan fingerprint density at radius 3 is 2.19 bits per heavy atom. The molecule has 0 saturated carbocycles. The number of hydrogen-bond acceptors (Lipinski definition) is 3. The SMILES string of the molecule is CCCCCCCC(CC)C(=O)Oc1ccc(OCc2ccccc2)cc1. The molecule has 0 spiro atoms. The van der Waals surface area contributed by atoms with Crippen molar-refractivity contribution >= 4 is 5.97 Å². The average Bonchev–Trinajstić information content (AvgIpc) is 2.71. The van der Waals surface area contributed by atoms with Crippen LogP contribution in [-0.2, 0) is 11.4 Å². The van der Waals surface area contributed by atoms with E-state index in [9.17, 15) is 4.79 Å². The van der Waals surface area contributed by atoms with Gasteiger partial charge in [0, 0.05) is 0 Å². The van der Waals surface area contributed by atoms with Gasteiger partial charge in [-0.15, -0.1) is 0 Å². The summed E-state index contributed by atoms with van der Waals surface area (Å²) in [6.45, 7) is 4.79. The van der Waals surface area contributed by atoms with Gasteiger partial charge in [0.2, 0.25) is 0 Å². The molecule has 0 radical (unpaired) electrons. The summed E-state index contributed by atoms with van der Waals surface area (Å²) in [6, 6.07) is 17.3. The van der Waals surface area contributed by atoms with E-state index in [1.807, 2.05) is 42.5 Å². The maximum atomic E-state index is 12.4. The number of rotatable bonds is 12. The average molecular weight is 369 g/mol. The van der Waals surface area contributed by atoms with Gasteiger partial charge < -0.3 is 9.47 Å². The third-order valence-corrected chi connectivity index (χ3v) is 4.77. The van der Waals surface area contributed by atoms with Gasteiger partial charge in [0.15, 0.2) is 0 Å². The third kappa shape index (κ3) is 7.86. The molecule has 0 bridgehead atoms. The Kier molecular flexibility index (Phi) is 9.47. The lowest BCUT2D eigenvalue weighted by molar-refractivity contribution is -0.139. The first-order valence-corrected chi connectivity index (χ1v) is 10.2. The van der Waals surface area contributed by atoms with E-state index < -0.39 is 0 Å². The van der Waals surface area contributed by atoms with Crippen LogP contribution >= 0.6 is 0 Å². The van der Waals surface area contributed by atoms with Crippen LogP contribution < -0.4 is 9.47 Å². The summed E-state index contributed by atoms with van der Waals surface area (Å²) < 4.78 is 11.3. The van der Waals surface area contributed by atoms with E-state index in [0.717, 1.165) is 30.6 Å². The van der Waals surface area contributed by atoms with Crippen LogP contribution in [0, 0.1) is 5.92 Å². The van der Waals surface area contributed by atoms with E-state index in [-0.39, 0.29) is 11.9 Å². The summed E-state index contributed by atoms with van der Waals surface area (Å²) in [5.74, 6) is 1.21. The summed E-state index contributed by atoms with van der Waals surface area (Å²) in [7, 11) is 0. The molecule has 0 aliphatic heterocycles. The molecule has 0 heterocycles. The summed E-state index contributed by atoms with van der Waals surface area (Å²) in [5.41, 5.74) is 1.12. The van der Waals surface area contributed by atoms with Crippen molar-refractivity contribution in [3.8, 4) is 11.5 Å². The van der Waals surface area contributed by atoms with Gasteiger partial charge in [-0.3, -0.25) is 4.79 Å². The maximum absolute atomic E-state index is 12.4. The molecule has 3 nitrogen and oxygen atoms in total. The Balaban J connectivity index is 1.77. The van der Waals surface area contributed by atoms with E-state index in [1.165, 1.54) is 25.7 Å². The topological polar surface area (TPSA) is 35.5 Å². The largest absolute Gasteiger partial charge is 0.489 e. The fourth-order valence-electron chi connectivity index (χ4n) is 3.03. The van der Waals surface area contributed by atoms with Gasteiger partial charge in [-0.2, -0.15) is 0 Å². The fraction of sp³-hybridized carbons (Fsp3) is 0.458. The zero-order valence-electron chi connectivity index (χ0n) is 16.7. The van der Waals surface area contributed by atoms with Gasteiger partial charge in [-0.25, -0.2) is 0 Å². The molecule has 2 aromatic rings. The molecule has 2 aromatic carbocycles. The number of unbranched alkanes of at least 4 members (excludes halogenated alkanes) is 4. The molecule has 1 unspecified atom stereocenters. The van der Waals surface area contributed by atoms with Crippen LogP contribution in [0.15, 0.2) is 54.6 Å². The van der Waals surface area contributed by atoms with Crippen molar-refractivity contribution in [2.75, 3.05) is 0 Å². The van der Waals surface area contributed by atoms with E-state index in [1.54, 1.807) is 12.1 Å². The molecule has 0 aliphatic rings. The number of ether oxygens (including phenoxy) is 2. The number of carbonyl (C=O) groups excluding carboxylic acids is 1. The second-order valence-electron chi connectivity index (χ2n) is 6.97. The summed E-state index contributed by atoms with van der Waals surface area (Å²) in [5, 5.41) is 0. The molecule has 0 saturated heterocycles. The van der Waals surface area contributed by atoms with Gasteiger partial charge in [0.05, 0.1) is 5.92 Å². The van der Waals surface area contributed by atoms with Crippen LogP contribution in [0.3, 0.4) is 0 Å². The van der Waals surface area contributed by atoms with Crippen molar-refractivity contribution in [3.05, 3.63) is 60.2 Å². The quantitative estimate of drug-likeness (QED) is 0.242. The first-order valence-electron chi connectivity index (χ1n) is 10.2. The van der Waals surface area contributed by atoms with E-state index in [0.29, 0.717) is 12.4 Å². The Labute approximate surface area is 163 Å². The lowest BCUT2D eigenvalue weighted by Crippen LogP contribution is -2.20. The highest BCUT2D eigenvalue weighted by atomic mass is 16.5. The number of carbonyl (C=O) groups is 1. The Hall–Kier alpha value is -2.29. The molecule has 27 heavy (non-hydrogen) atoms. The van der Waals surface area contributed by atoms with Crippen molar-refractivity contribution in [1.82, 2.24) is 0 Å². The van der Waals surface area contributed by atoms with Gasteiger partial charge >= 0.3 is 5.97 Å². The summed E-state index contributed by atoms with van der Waals surface area (Å²) in [4.78, 5) is 12.4. The predicted molar refractivity (Wildman–Crippen MR) is 110 cm³/mol. The highest BCUT2D eigenvalue weighted by Gasteiger charge is 2.18. The predicted octanol–water partition coefficient (Wildman–Crippen LogP) is 6.56. The van der Waals surface area contributed by atoms with Crippen LogP contribution in [0.1, 0.15) is 64.4 Å². The fourth-order valence-corrected chi connectivity index (χ4v) is 3.03. The zero-order valence-corrected chi connectivity index (χ0v) is 16.7.